The van der Waals surface area contributed by atoms with Crippen molar-refractivity contribution in [2.24, 2.45) is 5.73 Å². The van der Waals surface area contributed by atoms with Crippen LogP contribution in [0.2, 0.25) is 0 Å². The van der Waals surface area contributed by atoms with Crippen molar-refractivity contribution in [1.82, 2.24) is 0 Å². The summed E-state index contributed by atoms with van der Waals surface area (Å²) in [5.74, 6) is 0.0260. The molecule has 0 aromatic heterocycles. The van der Waals surface area contributed by atoms with E-state index in [2.05, 4.69) is 0 Å². The fourth-order valence-electron chi connectivity index (χ4n) is 2.11. The molecule has 0 amide bonds. The van der Waals surface area contributed by atoms with Gasteiger partial charge in [-0.25, -0.2) is 8.42 Å². The molecule has 90 valence electrons. The fraction of sp³-hybridized carbons (Fsp3) is 1.00. The van der Waals surface area contributed by atoms with Gasteiger partial charge >= 0.3 is 0 Å². The van der Waals surface area contributed by atoms with Crippen LogP contribution in [0.5, 0.6) is 0 Å². The van der Waals surface area contributed by atoms with Gasteiger partial charge in [-0.2, -0.15) is 0 Å². The number of aliphatic hydroxyl groups excluding tert-OH is 1. The van der Waals surface area contributed by atoms with E-state index in [9.17, 15) is 8.42 Å². The molecule has 0 radical (unpaired) electrons. The predicted molar refractivity (Wildman–Crippen MR) is 60.3 cm³/mol. The van der Waals surface area contributed by atoms with E-state index >= 15 is 0 Å². The summed E-state index contributed by atoms with van der Waals surface area (Å²) in [6.07, 6.45) is 5.11. The molecule has 1 atom stereocenters. The molecule has 5 heteroatoms. The van der Waals surface area contributed by atoms with Gasteiger partial charge in [-0.05, 0) is 19.3 Å². The monoisotopic (exact) mass is 235 g/mol. The lowest BCUT2D eigenvalue weighted by Gasteiger charge is -2.23. The maximum absolute atomic E-state index is 11.9. The molecule has 3 N–H and O–H groups in total. The van der Waals surface area contributed by atoms with Crippen LogP contribution in [-0.4, -0.2) is 37.2 Å². The van der Waals surface area contributed by atoms with Gasteiger partial charge in [-0.15, -0.1) is 0 Å². The average molecular weight is 235 g/mol. The molecular formula is C10H21NO3S. The standard InChI is InChI=1S/C10H21NO3S/c11-9(6-7-12)8-15(13,14)10-4-2-1-3-5-10/h9-10,12H,1-8,11H2. The van der Waals surface area contributed by atoms with E-state index in [1.54, 1.807) is 0 Å². The Bertz CT molecular complexity index is 270. The third-order valence-electron chi connectivity index (χ3n) is 3.01. The van der Waals surface area contributed by atoms with Crippen molar-refractivity contribution in [2.45, 2.75) is 49.8 Å². The lowest BCUT2D eigenvalue weighted by molar-refractivity contribution is 0.279. The zero-order chi connectivity index (χ0) is 11.3. The minimum absolute atomic E-state index is 0.0260. The van der Waals surface area contributed by atoms with Crippen LogP contribution in [0.15, 0.2) is 0 Å². The number of hydrogen-bond donors (Lipinski definition) is 2. The van der Waals surface area contributed by atoms with Gasteiger partial charge in [0.15, 0.2) is 9.84 Å². The predicted octanol–water partition coefficient (Wildman–Crippen LogP) is 0.444. The molecule has 0 saturated heterocycles. The van der Waals surface area contributed by atoms with E-state index in [0.717, 1.165) is 32.1 Å². The molecule has 1 aliphatic carbocycles. The highest BCUT2D eigenvalue weighted by Gasteiger charge is 2.28. The van der Waals surface area contributed by atoms with Crippen molar-refractivity contribution in [3.63, 3.8) is 0 Å². The highest BCUT2D eigenvalue weighted by Crippen LogP contribution is 2.24. The van der Waals surface area contributed by atoms with Crippen LogP contribution in [0.4, 0.5) is 0 Å². The SMILES string of the molecule is NC(CCO)CS(=O)(=O)C1CCCCC1. The van der Waals surface area contributed by atoms with Crippen LogP contribution in [0.25, 0.3) is 0 Å². The summed E-state index contributed by atoms with van der Waals surface area (Å²) in [6, 6.07) is -0.415. The van der Waals surface area contributed by atoms with Gasteiger partial charge in [-0.3, -0.25) is 0 Å². The van der Waals surface area contributed by atoms with Gasteiger partial charge in [-0.1, -0.05) is 19.3 Å². The molecule has 0 bridgehead atoms. The van der Waals surface area contributed by atoms with Crippen LogP contribution in [0, 0.1) is 0 Å². The Balaban J connectivity index is 2.49. The topological polar surface area (TPSA) is 80.4 Å². The largest absolute Gasteiger partial charge is 0.396 e. The highest BCUT2D eigenvalue weighted by molar-refractivity contribution is 7.92. The Kier molecular flexibility index (Phi) is 5.02. The molecule has 1 rings (SSSR count). The van der Waals surface area contributed by atoms with Crippen LogP contribution < -0.4 is 5.73 Å². The number of aliphatic hydroxyl groups is 1. The third kappa shape index (κ3) is 4.09. The summed E-state index contributed by atoms with van der Waals surface area (Å²) in [5.41, 5.74) is 5.64. The van der Waals surface area contributed by atoms with Crippen molar-refractivity contribution < 1.29 is 13.5 Å². The zero-order valence-electron chi connectivity index (χ0n) is 9.06. The molecular weight excluding hydrogens is 214 g/mol. The Labute approximate surface area is 91.8 Å². The molecule has 0 heterocycles. The minimum Gasteiger partial charge on any atom is -0.396 e. The molecule has 0 aromatic carbocycles. The van der Waals surface area contributed by atoms with Gasteiger partial charge in [0.1, 0.15) is 0 Å². The summed E-state index contributed by atoms with van der Waals surface area (Å²) < 4.78 is 23.8. The molecule has 15 heavy (non-hydrogen) atoms. The smallest absolute Gasteiger partial charge is 0.154 e. The number of nitrogens with two attached hydrogens (primary N) is 1. The van der Waals surface area contributed by atoms with Gasteiger partial charge in [0.05, 0.1) is 11.0 Å². The first-order valence-electron chi connectivity index (χ1n) is 5.64. The van der Waals surface area contributed by atoms with E-state index in [4.69, 9.17) is 10.8 Å². The van der Waals surface area contributed by atoms with E-state index in [-0.39, 0.29) is 17.6 Å². The lowest BCUT2D eigenvalue weighted by Crippen LogP contribution is -2.36. The van der Waals surface area contributed by atoms with Crippen molar-refractivity contribution in [1.29, 1.82) is 0 Å². The number of rotatable bonds is 5. The first-order chi connectivity index (χ1) is 7.06. The van der Waals surface area contributed by atoms with Gasteiger partial charge < -0.3 is 10.8 Å². The Morgan fingerprint density at radius 3 is 2.40 bits per heavy atom. The second kappa shape index (κ2) is 5.82. The van der Waals surface area contributed by atoms with E-state index in [0.29, 0.717) is 6.42 Å². The van der Waals surface area contributed by atoms with Crippen LogP contribution in [-0.2, 0) is 9.84 Å². The fourth-order valence-corrected chi connectivity index (χ4v) is 4.20. The second-order valence-electron chi connectivity index (χ2n) is 4.36. The van der Waals surface area contributed by atoms with Crippen molar-refractivity contribution >= 4 is 9.84 Å². The van der Waals surface area contributed by atoms with E-state index < -0.39 is 15.9 Å². The van der Waals surface area contributed by atoms with Crippen molar-refractivity contribution in [2.75, 3.05) is 12.4 Å². The zero-order valence-corrected chi connectivity index (χ0v) is 9.88. The number of sulfone groups is 1. The maximum Gasteiger partial charge on any atom is 0.154 e. The third-order valence-corrected chi connectivity index (χ3v) is 5.39. The normalized spacial score (nSPS) is 21.5. The molecule has 0 aromatic rings. The first-order valence-corrected chi connectivity index (χ1v) is 7.36. The van der Waals surface area contributed by atoms with Crippen LogP contribution in [0.3, 0.4) is 0 Å². The molecule has 0 aliphatic heterocycles. The summed E-state index contributed by atoms with van der Waals surface area (Å²) in [7, 11) is -3.04. The second-order valence-corrected chi connectivity index (χ2v) is 6.69. The lowest BCUT2D eigenvalue weighted by atomic mass is 10.0. The van der Waals surface area contributed by atoms with Gasteiger partial charge in [0.2, 0.25) is 0 Å². The van der Waals surface area contributed by atoms with E-state index in [1.807, 2.05) is 0 Å². The van der Waals surface area contributed by atoms with Gasteiger partial charge in [0.25, 0.3) is 0 Å². The Hall–Kier alpha value is -0.130. The Morgan fingerprint density at radius 1 is 1.27 bits per heavy atom. The van der Waals surface area contributed by atoms with Crippen LogP contribution >= 0.6 is 0 Å². The highest BCUT2D eigenvalue weighted by atomic mass is 32.2. The van der Waals surface area contributed by atoms with E-state index in [1.165, 1.54) is 0 Å². The quantitative estimate of drug-likeness (QED) is 0.724. The summed E-state index contributed by atoms with van der Waals surface area (Å²) in [4.78, 5) is 0. The molecule has 1 saturated carbocycles. The molecule has 1 fully saturated rings. The molecule has 1 unspecified atom stereocenters. The summed E-state index contributed by atoms with van der Waals surface area (Å²) >= 11 is 0. The summed E-state index contributed by atoms with van der Waals surface area (Å²) in [6.45, 7) is -0.0403. The number of hydrogen-bond acceptors (Lipinski definition) is 4. The Morgan fingerprint density at radius 2 is 1.87 bits per heavy atom. The summed E-state index contributed by atoms with van der Waals surface area (Å²) in [5, 5.41) is 8.48. The minimum atomic E-state index is -3.04. The van der Waals surface area contributed by atoms with Gasteiger partial charge in [0, 0.05) is 12.6 Å². The van der Waals surface area contributed by atoms with Crippen molar-refractivity contribution in [3.05, 3.63) is 0 Å². The maximum atomic E-state index is 11.9. The molecule has 0 spiro atoms. The molecule has 1 aliphatic rings. The molecule has 4 nitrogen and oxygen atoms in total. The van der Waals surface area contributed by atoms with Crippen LogP contribution in [0.1, 0.15) is 38.5 Å². The van der Waals surface area contributed by atoms with Crippen molar-refractivity contribution in [3.8, 4) is 0 Å². The first kappa shape index (κ1) is 12.9. The average Bonchev–Trinajstić information content (AvgIpc) is 2.18.